The average molecular weight is 298 g/mol. The highest BCUT2D eigenvalue weighted by atomic mass is 35.5. The molecule has 0 amide bonds. The molecule has 1 aromatic heterocycles. The Morgan fingerprint density at radius 3 is 2.52 bits per heavy atom. The Hall–Kier alpha value is -2.26. The summed E-state index contributed by atoms with van der Waals surface area (Å²) >= 11 is 6.15. The van der Waals surface area contributed by atoms with Crippen LogP contribution in [-0.2, 0) is 7.05 Å². The van der Waals surface area contributed by atoms with E-state index < -0.39 is 0 Å². The lowest BCUT2D eigenvalue weighted by atomic mass is 9.98. The Bertz CT molecular complexity index is 791. The van der Waals surface area contributed by atoms with E-state index in [2.05, 4.69) is 5.10 Å². The van der Waals surface area contributed by atoms with E-state index in [4.69, 9.17) is 17.3 Å². The first-order chi connectivity index (χ1) is 10.1. The molecule has 2 aromatic carbocycles. The van der Waals surface area contributed by atoms with Gasteiger partial charge in [0, 0.05) is 17.6 Å². The molecule has 4 heteroatoms. The van der Waals surface area contributed by atoms with Crippen molar-refractivity contribution in [3.8, 4) is 22.4 Å². The molecule has 3 aromatic rings. The number of nitrogens with two attached hydrogens (primary N) is 1. The summed E-state index contributed by atoms with van der Waals surface area (Å²) in [6.07, 6.45) is 0. The molecule has 0 unspecified atom stereocenters. The molecule has 0 bridgehead atoms. The second-order valence-electron chi connectivity index (χ2n) is 5.06. The van der Waals surface area contributed by atoms with Crippen LogP contribution in [0.25, 0.3) is 22.4 Å². The number of nitrogens with zero attached hydrogens (tertiary/aromatic N) is 2. The molecule has 3 rings (SSSR count). The second kappa shape index (κ2) is 5.26. The molecule has 21 heavy (non-hydrogen) atoms. The summed E-state index contributed by atoms with van der Waals surface area (Å²) in [5.41, 5.74) is 11.2. The standard InChI is InChI=1S/C17H16ClN3/c1-11-8-9-13(18)10-14(11)16-15(17(19)21(2)20-16)12-6-4-3-5-7-12/h3-10H,19H2,1-2H3. The summed E-state index contributed by atoms with van der Waals surface area (Å²) in [6.45, 7) is 2.05. The van der Waals surface area contributed by atoms with Crippen LogP contribution in [0.4, 0.5) is 5.82 Å². The zero-order chi connectivity index (χ0) is 15.0. The van der Waals surface area contributed by atoms with Crippen LogP contribution in [0.3, 0.4) is 0 Å². The predicted octanol–water partition coefficient (Wildman–Crippen LogP) is 4.30. The van der Waals surface area contributed by atoms with E-state index in [9.17, 15) is 0 Å². The van der Waals surface area contributed by atoms with Crippen LogP contribution < -0.4 is 5.73 Å². The van der Waals surface area contributed by atoms with Gasteiger partial charge < -0.3 is 5.73 Å². The summed E-state index contributed by atoms with van der Waals surface area (Å²) in [6, 6.07) is 15.9. The minimum Gasteiger partial charge on any atom is -0.383 e. The lowest BCUT2D eigenvalue weighted by Crippen LogP contribution is -1.97. The maximum atomic E-state index is 6.23. The molecular formula is C17H16ClN3. The van der Waals surface area contributed by atoms with Crippen molar-refractivity contribution in [2.24, 2.45) is 7.05 Å². The van der Waals surface area contributed by atoms with E-state index in [0.717, 1.165) is 27.9 Å². The number of hydrogen-bond donors (Lipinski definition) is 1. The maximum absolute atomic E-state index is 6.23. The minimum absolute atomic E-state index is 0.649. The largest absolute Gasteiger partial charge is 0.383 e. The molecule has 0 atom stereocenters. The first-order valence-electron chi connectivity index (χ1n) is 6.72. The molecule has 3 nitrogen and oxygen atoms in total. The van der Waals surface area contributed by atoms with Gasteiger partial charge in [0.1, 0.15) is 11.5 Å². The first-order valence-corrected chi connectivity index (χ1v) is 7.10. The van der Waals surface area contributed by atoms with Crippen LogP contribution in [0, 0.1) is 6.92 Å². The normalized spacial score (nSPS) is 10.8. The molecule has 0 spiro atoms. The summed E-state index contributed by atoms with van der Waals surface area (Å²) in [5.74, 6) is 0.649. The number of nitrogen functional groups attached to an aromatic ring is 1. The SMILES string of the molecule is Cc1ccc(Cl)cc1-c1nn(C)c(N)c1-c1ccccc1. The molecule has 0 saturated carbocycles. The van der Waals surface area contributed by atoms with Crippen molar-refractivity contribution in [1.29, 1.82) is 0 Å². The highest BCUT2D eigenvalue weighted by Crippen LogP contribution is 2.37. The van der Waals surface area contributed by atoms with Gasteiger partial charge in [-0.1, -0.05) is 48.0 Å². The molecule has 0 fully saturated rings. The van der Waals surface area contributed by atoms with Crippen LogP contribution in [-0.4, -0.2) is 9.78 Å². The van der Waals surface area contributed by atoms with Gasteiger partial charge >= 0.3 is 0 Å². The van der Waals surface area contributed by atoms with Crippen molar-refractivity contribution < 1.29 is 0 Å². The summed E-state index contributed by atoms with van der Waals surface area (Å²) < 4.78 is 1.71. The van der Waals surface area contributed by atoms with Gasteiger partial charge in [0.25, 0.3) is 0 Å². The zero-order valence-corrected chi connectivity index (χ0v) is 12.7. The van der Waals surface area contributed by atoms with Crippen molar-refractivity contribution in [2.75, 3.05) is 5.73 Å². The number of aryl methyl sites for hydroxylation is 2. The maximum Gasteiger partial charge on any atom is 0.129 e. The quantitative estimate of drug-likeness (QED) is 0.766. The van der Waals surface area contributed by atoms with E-state index >= 15 is 0 Å². The van der Waals surface area contributed by atoms with Crippen molar-refractivity contribution in [3.63, 3.8) is 0 Å². The first kappa shape index (κ1) is 13.7. The van der Waals surface area contributed by atoms with E-state index in [0.29, 0.717) is 10.8 Å². The van der Waals surface area contributed by atoms with Gasteiger partial charge in [0.05, 0.1) is 5.56 Å². The van der Waals surface area contributed by atoms with Gasteiger partial charge in [0.15, 0.2) is 0 Å². The number of anilines is 1. The molecule has 0 radical (unpaired) electrons. The Balaban J connectivity index is 2.29. The van der Waals surface area contributed by atoms with Crippen molar-refractivity contribution in [2.45, 2.75) is 6.92 Å². The third-order valence-electron chi connectivity index (χ3n) is 3.61. The van der Waals surface area contributed by atoms with Gasteiger partial charge in [-0.15, -0.1) is 0 Å². The molecule has 1 heterocycles. The van der Waals surface area contributed by atoms with Crippen LogP contribution in [0.5, 0.6) is 0 Å². The zero-order valence-electron chi connectivity index (χ0n) is 12.0. The number of halogens is 1. The second-order valence-corrected chi connectivity index (χ2v) is 5.49. The topological polar surface area (TPSA) is 43.8 Å². The average Bonchev–Trinajstić information content (AvgIpc) is 2.78. The molecule has 0 saturated heterocycles. The van der Waals surface area contributed by atoms with E-state index in [1.54, 1.807) is 4.68 Å². The highest BCUT2D eigenvalue weighted by molar-refractivity contribution is 6.30. The molecule has 0 aliphatic rings. The molecule has 0 aliphatic heterocycles. The summed E-state index contributed by atoms with van der Waals surface area (Å²) in [5, 5.41) is 5.29. The smallest absolute Gasteiger partial charge is 0.129 e. The Kier molecular flexibility index (Phi) is 3.43. The third kappa shape index (κ3) is 2.41. The van der Waals surface area contributed by atoms with Crippen molar-refractivity contribution in [1.82, 2.24) is 9.78 Å². The fourth-order valence-electron chi connectivity index (χ4n) is 2.46. The van der Waals surface area contributed by atoms with Crippen molar-refractivity contribution >= 4 is 17.4 Å². The minimum atomic E-state index is 0.649. The molecule has 2 N–H and O–H groups in total. The van der Waals surface area contributed by atoms with Gasteiger partial charge in [0.2, 0.25) is 0 Å². The number of rotatable bonds is 2. The summed E-state index contributed by atoms with van der Waals surface area (Å²) in [4.78, 5) is 0. The number of aromatic nitrogens is 2. The van der Waals surface area contributed by atoms with E-state index in [1.807, 2.05) is 62.5 Å². The fourth-order valence-corrected chi connectivity index (χ4v) is 2.64. The van der Waals surface area contributed by atoms with Gasteiger partial charge in [-0.3, -0.25) is 4.68 Å². The fraction of sp³-hybridized carbons (Fsp3) is 0.118. The lowest BCUT2D eigenvalue weighted by molar-refractivity contribution is 0.782. The lowest BCUT2D eigenvalue weighted by Gasteiger charge is -2.07. The highest BCUT2D eigenvalue weighted by Gasteiger charge is 2.18. The number of benzene rings is 2. The van der Waals surface area contributed by atoms with Crippen LogP contribution in [0.2, 0.25) is 5.02 Å². The molecule has 106 valence electrons. The van der Waals surface area contributed by atoms with Crippen molar-refractivity contribution in [3.05, 3.63) is 59.1 Å². The molecular weight excluding hydrogens is 282 g/mol. The van der Waals surface area contributed by atoms with Crippen LogP contribution >= 0.6 is 11.6 Å². The van der Waals surface area contributed by atoms with E-state index in [1.165, 1.54) is 0 Å². The Morgan fingerprint density at radius 2 is 1.81 bits per heavy atom. The monoisotopic (exact) mass is 297 g/mol. The van der Waals surface area contributed by atoms with Crippen LogP contribution in [0.1, 0.15) is 5.56 Å². The number of hydrogen-bond acceptors (Lipinski definition) is 2. The van der Waals surface area contributed by atoms with Gasteiger partial charge in [-0.2, -0.15) is 5.10 Å². The Morgan fingerprint density at radius 1 is 1.10 bits per heavy atom. The molecule has 0 aliphatic carbocycles. The third-order valence-corrected chi connectivity index (χ3v) is 3.84. The van der Waals surface area contributed by atoms with Gasteiger partial charge in [-0.05, 0) is 30.2 Å². The van der Waals surface area contributed by atoms with E-state index in [-0.39, 0.29) is 0 Å². The Labute approximate surface area is 129 Å². The summed E-state index contributed by atoms with van der Waals surface area (Å²) in [7, 11) is 1.85. The predicted molar refractivity (Wildman–Crippen MR) is 88.2 cm³/mol. The van der Waals surface area contributed by atoms with Gasteiger partial charge in [-0.25, -0.2) is 0 Å². The van der Waals surface area contributed by atoms with Crippen LogP contribution in [0.15, 0.2) is 48.5 Å².